The second-order valence-corrected chi connectivity index (χ2v) is 6.88. The van der Waals surface area contributed by atoms with Gasteiger partial charge in [0, 0.05) is 0 Å². The SMILES string of the molecule is CC(C)[C@H]1CC[C@H](C)C[C@H]1OC(=O)C(=O)C=Cc1ccccc1. The van der Waals surface area contributed by atoms with E-state index in [9.17, 15) is 9.59 Å². The first-order valence-electron chi connectivity index (χ1n) is 8.45. The van der Waals surface area contributed by atoms with E-state index in [-0.39, 0.29) is 6.10 Å². The Labute approximate surface area is 138 Å². The molecule has 3 heteroatoms. The van der Waals surface area contributed by atoms with Crippen LogP contribution in [0.1, 0.15) is 45.6 Å². The molecule has 0 radical (unpaired) electrons. The maximum atomic E-state index is 12.1. The maximum absolute atomic E-state index is 12.1. The zero-order valence-electron chi connectivity index (χ0n) is 14.2. The summed E-state index contributed by atoms with van der Waals surface area (Å²) in [5.74, 6) is 0.0191. The average Bonchev–Trinajstić information content (AvgIpc) is 2.53. The van der Waals surface area contributed by atoms with Gasteiger partial charge in [-0.15, -0.1) is 0 Å². The largest absolute Gasteiger partial charge is 0.456 e. The van der Waals surface area contributed by atoms with Crippen molar-refractivity contribution in [2.24, 2.45) is 17.8 Å². The van der Waals surface area contributed by atoms with Crippen LogP contribution >= 0.6 is 0 Å². The fraction of sp³-hybridized carbons (Fsp3) is 0.500. The van der Waals surface area contributed by atoms with E-state index in [4.69, 9.17) is 4.74 Å². The van der Waals surface area contributed by atoms with Gasteiger partial charge in [-0.05, 0) is 42.2 Å². The van der Waals surface area contributed by atoms with Crippen molar-refractivity contribution >= 4 is 17.8 Å². The van der Waals surface area contributed by atoms with Crippen LogP contribution in [0.2, 0.25) is 0 Å². The second kappa shape index (κ2) is 8.09. The summed E-state index contributed by atoms with van der Waals surface area (Å²) in [6, 6.07) is 9.45. The van der Waals surface area contributed by atoms with E-state index in [1.54, 1.807) is 6.08 Å². The Morgan fingerprint density at radius 3 is 2.52 bits per heavy atom. The van der Waals surface area contributed by atoms with Crippen LogP contribution in [-0.4, -0.2) is 17.9 Å². The molecule has 1 aliphatic rings. The van der Waals surface area contributed by atoms with E-state index in [1.807, 2.05) is 30.3 Å². The van der Waals surface area contributed by atoms with Crippen LogP contribution in [0.15, 0.2) is 36.4 Å². The van der Waals surface area contributed by atoms with E-state index in [2.05, 4.69) is 20.8 Å². The molecule has 0 N–H and O–H groups in total. The smallest absolute Gasteiger partial charge is 0.379 e. The second-order valence-electron chi connectivity index (χ2n) is 6.88. The van der Waals surface area contributed by atoms with Crippen molar-refractivity contribution in [2.75, 3.05) is 0 Å². The fourth-order valence-corrected chi connectivity index (χ4v) is 3.25. The molecule has 0 saturated heterocycles. The highest BCUT2D eigenvalue weighted by atomic mass is 16.5. The molecular weight excluding hydrogens is 288 g/mol. The number of carbonyl (C=O) groups is 2. The summed E-state index contributed by atoms with van der Waals surface area (Å²) in [7, 11) is 0. The highest BCUT2D eigenvalue weighted by Crippen LogP contribution is 2.35. The minimum Gasteiger partial charge on any atom is -0.456 e. The lowest BCUT2D eigenvalue weighted by Crippen LogP contribution is -2.37. The van der Waals surface area contributed by atoms with Gasteiger partial charge in [0.25, 0.3) is 5.78 Å². The first kappa shape index (κ1) is 17.5. The Hall–Kier alpha value is -1.90. The third-order valence-corrected chi connectivity index (χ3v) is 4.65. The van der Waals surface area contributed by atoms with Crippen molar-refractivity contribution in [2.45, 2.75) is 46.1 Å². The molecule has 1 aromatic rings. The summed E-state index contributed by atoms with van der Waals surface area (Å²) in [6.07, 6.45) is 5.88. The number of hydrogen-bond donors (Lipinski definition) is 0. The molecule has 0 aliphatic heterocycles. The van der Waals surface area contributed by atoms with E-state index < -0.39 is 11.8 Å². The number of rotatable bonds is 5. The van der Waals surface area contributed by atoms with Gasteiger partial charge in [-0.25, -0.2) is 4.79 Å². The van der Waals surface area contributed by atoms with Gasteiger partial charge in [-0.3, -0.25) is 4.79 Å². The number of carbonyl (C=O) groups excluding carboxylic acids is 2. The lowest BCUT2D eigenvalue weighted by Gasteiger charge is -2.36. The number of esters is 1. The molecule has 124 valence electrons. The van der Waals surface area contributed by atoms with Gasteiger partial charge in [0.1, 0.15) is 6.10 Å². The number of ether oxygens (including phenoxy) is 1. The molecule has 0 bridgehead atoms. The molecule has 1 saturated carbocycles. The van der Waals surface area contributed by atoms with Crippen molar-refractivity contribution in [3.8, 4) is 0 Å². The minimum absolute atomic E-state index is 0.139. The molecule has 3 atom stereocenters. The lowest BCUT2D eigenvalue weighted by molar-refractivity contribution is -0.161. The molecule has 23 heavy (non-hydrogen) atoms. The molecule has 0 heterocycles. The number of ketones is 1. The highest BCUT2D eigenvalue weighted by Gasteiger charge is 2.34. The predicted molar refractivity (Wildman–Crippen MR) is 91.7 cm³/mol. The predicted octanol–water partition coefficient (Wildman–Crippen LogP) is 4.27. The third-order valence-electron chi connectivity index (χ3n) is 4.65. The van der Waals surface area contributed by atoms with Crippen LogP contribution in [-0.2, 0) is 14.3 Å². The summed E-state index contributed by atoms with van der Waals surface area (Å²) in [4.78, 5) is 24.1. The number of benzene rings is 1. The van der Waals surface area contributed by atoms with Crippen molar-refractivity contribution < 1.29 is 14.3 Å². The van der Waals surface area contributed by atoms with Crippen LogP contribution in [0.4, 0.5) is 0 Å². The summed E-state index contributed by atoms with van der Waals surface area (Å²) in [6.45, 7) is 6.48. The molecule has 1 fully saturated rings. The fourth-order valence-electron chi connectivity index (χ4n) is 3.25. The summed E-state index contributed by atoms with van der Waals surface area (Å²) in [5.41, 5.74) is 0.889. The van der Waals surface area contributed by atoms with E-state index in [0.717, 1.165) is 18.4 Å². The molecular formula is C20H26O3. The van der Waals surface area contributed by atoms with Crippen LogP contribution < -0.4 is 0 Å². The van der Waals surface area contributed by atoms with Crippen LogP contribution in [0.3, 0.4) is 0 Å². The average molecular weight is 314 g/mol. The highest BCUT2D eigenvalue weighted by molar-refractivity contribution is 6.39. The Bertz CT molecular complexity index is 560. The Morgan fingerprint density at radius 1 is 1.17 bits per heavy atom. The van der Waals surface area contributed by atoms with Gasteiger partial charge in [-0.2, -0.15) is 0 Å². The molecule has 1 aromatic carbocycles. The first-order chi connectivity index (χ1) is 11.0. The first-order valence-corrected chi connectivity index (χ1v) is 8.45. The summed E-state index contributed by atoms with van der Waals surface area (Å²) < 4.78 is 5.55. The Kier molecular flexibility index (Phi) is 6.14. The van der Waals surface area contributed by atoms with E-state index >= 15 is 0 Å². The summed E-state index contributed by atoms with van der Waals surface area (Å²) >= 11 is 0. The Morgan fingerprint density at radius 2 is 1.87 bits per heavy atom. The van der Waals surface area contributed by atoms with E-state index in [0.29, 0.717) is 17.8 Å². The zero-order chi connectivity index (χ0) is 16.8. The van der Waals surface area contributed by atoms with Crippen LogP contribution in [0.25, 0.3) is 6.08 Å². The standard InChI is InChI=1S/C20H26O3/c1-14(2)17-11-9-15(3)13-19(17)23-20(22)18(21)12-10-16-7-5-4-6-8-16/h4-8,10,12,14-15,17,19H,9,11,13H2,1-3H3/t15-,17+,19+/m0/s1. The van der Waals surface area contributed by atoms with Crippen molar-refractivity contribution in [3.63, 3.8) is 0 Å². The third kappa shape index (κ3) is 5.05. The normalized spacial score (nSPS) is 24.8. The molecule has 0 aromatic heterocycles. The zero-order valence-corrected chi connectivity index (χ0v) is 14.2. The monoisotopic (exact) mass is 314 g/mol. The van der Waals surface area contributed by atoms with Crippen LogP contribution in [0.5, 0.6) is 0 Å². The minimum atomic E-state index is -0.734. The van der Waals surface area contributed by atoms with Crippen molar-refractivity contribution in [1.82, 2.24) is 0 Å². The number of hydrogen-bond acceptors (Lipinski definition) is 3. The van der Waals surface area contributed by atoms with Gasteiger partial charge >= 0.3 is 5.97 Å². The van der Waals surface area contributed by atoms with Gasteiger partial charge < -0.3 is 4.74 Å². The lowest BCUT2D eigenvalue weighted by atomic mass is 9.75. The van der Waals surface area contributed by atoms with Gasteiger partial charge in [0.15, 0.2) is 0 Å². The molecule has 0 unspecified atom stereocenters. The van der Waals surface area contributed by atoms with Gasteiger partial charge in [0.2, 0.25) is 0 Å². The summed E-state index contributed by atoms with van der Waals surface area (Å²) in [5, 5.41) is 0. The Balaban J connectivity index is 1.96. The van der Waals surface area contributed by atoms with E-state index in [1.165, 1.54) is 12.5 Å². The van der Waals surface area contributed by atoms with Crippen molar-refractivity contribution in [1.29, 1.82) is 0 Å². The molecule has 0 amide bonds. The molecule has 3 nitrogen and oxygen atoms in total. The van der Waals surface area contributed by atoms with Gasteiger partial charge in [0.05, 0.1) is 0 Å². The van der Waals surface area contributed by atoms with Crippen LogP contribution in [0, 0.1) is 17.8 Å². The molecule has 1 aliphatic carbocycles. The maximum Gasteiger partial charge on any atom is 0.379 e. The van der Waals surface area contributed by atoms with Gasteiger partial charge in [-0.1, -0.05) is 63.6 Å². The molecule has 2 rings (SSSR count). The molecule has 0 spiro atoms. The quantitative estimate of drug-likeness (QED) is 0.463. The topological polar surface area (TPSA) is 43.4 Å². The van der Waals surface area contributed by atoms with Crippen molar-refractivity contribution in [3.05, 3.63) is 42.0 Å².